The summed E-state index contributed by atoms with van der Waals surface area (Å²) in [4.78, 5) is 15.7. The highest BCUT2D eigenvalue weighted by Gasteiger charge is 2.05. The van der Waals surface area contributed by atoms with Crippen LogP contribution >= 0.6 is 0 Å². The molecule has 0 saturated heterocycles. The first kappa shape index (κ1) is 17.7. The Bertz CT molecular complexity index is 268. The zero-order chi connectivity index (χ0) is 14.5. The van der Waals surface area contributed by atoms with E-state index in [-0.39, 0.29) is 12.1 Å². The Morgan fingerprint density at radius 2 is 2.05 bits per heavy atom. The van der Waals surface area contributed by atoms with Gasteiger partial charge in [-0.2, -0.15) is 0 Å². The van der Waals surface area contributed by atoms with Gasteiger partial charge in [0.25, 0.3) is 0 Å². The Morgan fingerprint density at radius 3 is 2.63 bits per heavy atom. The fourth-order valence-electron chi connectivity index (χ4n) is 1.35. The predicted octanol–water partition coefficient (Wildman–Crippen LogP) is 0.920. The van der Waals surface area contributed by atoms with Gasteiger partial charge in [-0.15, -0.1) is 0 Å². The van der Waals surface area contributed by atoms with Crippen LogP contribution in [0.4, 0.5) is 0 Å². The largest absolute Gasteiger partial charge is 0.463 e. The summed E-state index contributed by atoms with van der Waals surface area (Å²) >= 11 is 0. The maximum Gasteiger partial charge on any atom is 0.307 e. The smallest absolute Gasteiger partial charge is 0.307 e. The number of hydrogen-bond acceptors (Lipinski definition) is 4. The number of aliphatic imine (C=N–C) groups is 1. The third kappa shape index (κ3) is 11.5. The Labute approximate surface area is 116 Å². The van der Waals surface area contributed by atoms with Crippen LogP contribution in [0.25, 0.3) is 0 Å². The van der Waals surface area contributed by atoms with E-state index in [0.29, 0.717) is 26.1 Å². The number of esters is 1. The Kier molecular flexibility index (Phi) is 11.0. The standard InChI is InChI=1S/C13H27N3O3/c1-5-14-13(15-8-6-10-18-4)16-9-7-12(17)19-11(2)3/h11H,5-10H2,1-4H3,(H2,14,15,16). The average molecular weight is 273 g/mol. The average Bonchev–Trinajstić information content (AvgIpc) is 2.33. The molecule has 0 spiro atoms. The monoisotopic (exact) mass is 273 g/mol. The fourth-order valence-corrected chi connectivity index (χ4v) is 1.35. The summed E-state index contributed by atoms with van der Waals surface area (Å²) < 4.78 is 10.0. The van der Waals surface area contributed by atoms with Crippen LogP contribution in [0.5, 0.6) is 0 Å². The van der Waals surface area contributed by atoms with Crippen LogP contribution in [0.15, 0.2) is 4.99 Å². The molecule has 0 aliphatic carbocycles. The third-order valence-electron chi connectivity index (χ3n) is 2.11. The van der Waals surface area contributed by atoms with E-state index in [1.54, 1.807) is 7.11 Å². The van der Waals surface area contributed by atoms with Crippen molar-refractivity contribution in [3.8, 4) is 0 Å². The van der Waals surface area contributed by atoms with Gasteiger partial charge in [-0.05, 0) is 27.2 Å². The maximum atomic E-state index is 11.4. The summed E-state index contributed by atoms with van der Waals surface area (Å²) in [6.07, 6.45) is 1.15. The van der Waals surface area contributed by atoms with E-state index in [9.17, 15) is 4.79 Å². The number of nitrogens with zero attached hydrogens (tertiary/aromatic N) is 1. The highest BCUT2D eigenvalue weighted by atomic mass is 16.5. The van der Waals surface area contributed by atoms with Crippen molar-refractivity contribution in [2.24, 2.45) is 4.99 Å². The van der Waals surface area contributed by atoms with Gasteiger partial charge in [0.05, 0.1) is 12.5 Å². The van der Waals surface area contributed by atoms with E-state index in [1.807, 2.05) is 20.8 Å². The highest BCUT2D eigenvalue weighted by Crippen LogP contribution is 1.92. The number of nitrogens with one attached hydrogen (secondary N) is 2. The minimum absolute atomic E-state index is 0.0663. The topological polar surface area (TPSA) is 72.0 Å². The van der Waals surface area contributed by atoms with Crippen molar-refractivity contribution < 1.29 is 14.3 Å². The molecule has 0 aliphatic rings. The van der Waals surface area contributed by atoms with Gasteiger partial charge in [-0.1, -0.05) is 0 Å². The number of ether oxygens (including phenoxy) is 2. The molecule has 19 heavy (non-hydrogen) atoms. The molecule has 2 N–H and O–H groups in total. The maximum absolute atomic E-state index is 11.4. The second-order valence-corrected chi connectivity index (χ2v) is 4.32. The van der Waals surface area contributed by atoms with Gasteiger partial charge < -0.3 is 20.1 Å². The number of carbonyl (C=O) groups is 1. The molecule has 0 aromatic heterocycles. The SMILES string of the molecule is CCNC(=NCCCOC)NCCC(=O)OC(C)C. The van der Waals surface area contributed by atoms with Gasteiger partial charge in [0, 0.05) is 33.4 Å². The molecule has 0 heterocycles. The van der Waals surface area contributed by atoms with Crippen LogP contribution in [0.1, 0.15) is 33.6 Å². The van der Waals surface area contributed by atoms with E-state index in [4.69, 9.17) is 9.47 Å². The minimum atomic E-state index is -0.197. The van der Waals surface area contributed by atoms with Crippen molar-refractivity contribution >= 4 is 11.9 Å². The molecular formula is C13H27N3O3. The molecule has 6 heteroatoms. The zero-order valence-electron chi connectivity index (χ0n) is 12.5. The van der Waals surface area contributed by atoms with Crippen LogP contribution in [-0.4, -0.2) is 51.4 Å². The summed E-state index contributed by atoms with van der Waals surface area (Å²) in [5, 5.41) is 6.22. The predicted molar refractivity (Wildman–Crippen MR) is 76.3 cm³/mol. The molecule has 112 valence electrons. The molecule has 0 saturated carbocycles. The van der Waals surface area contributed by atoms with E-state index in [1.165, 1.54) is 0 Å². The molecule has 0 amide bonds. The lowest BCUT2D eigenvalue weighted by Crippen LogP contribution is -2.38. The summed E-state index contributed by atoms with van der Waals surface area (Å²) in [7, 11) is 1.67. The first-order valence-electron chi connectivity index (χ1n) is 6.80. The second kappa shape index (κ2) is 11.8. The molecule has 0 bridgehead atoms. The quantitative estimate of drug-likeness (QED) is 0.283. The molecule has 0 aliphatic heterocycles. The highest BCUT2D eigenvalue weighted by molar-refractivity contribution is 5.80. The second-order valence-electron chi connectivity index (χ2n) is 4.32. The van der Waals surface area contributed by atoms with Crippen molar-refractivity contribution in [3.05, 3.63) is 0 Å². The number of carbonyl (C=O) groups excluding carboxylic acids is 1. The van der Waals surface area contributed by atoms with Crippen LogP contribution in [0.3, 0.4) is 0 Å². The molecule has 0 atom stereocenters. The number of hydrogen-bond donors (Lipinski definition) is 2. The Balaban J connectivity index is 3.89. The van der Waals surface area contributed by atoms with E-state index in [2.05, 4.69) is 15.6 Å². The first-order chi connectivity index (χ1) is 9.10. The summed E-state index contributed by atoms with van der Waals surface area (Å²) in [6, 6.07) is 0. The molecule has 0 aromatic rings. The van der Waals surface area contributed by atoms with Crippen molar-refractivity contribution in [3.63, 3.8) is 0 Å². The van der Waals surface area contributed by atoms with E-state index in [0.717, 1.165) is 18.9 Å². The van der Waals surface area contributed by atoms with Crippen molar-refractivity contribution in [1.82, 2.24) is 10.6 Å². The van der Waals surface area contributed by atoms with Crippen LogP contribution < -0.4 is 10.6 Å². The lowest BCUT2D eigenvalue weighted by molar-refractivity contribution is -0.147. The normalized spacial score (nSPS) is 11.5. The Hall–Kier alpha value is -1.30. The summed E-state index contributed by atoms with van der Waals surface area (Å²) in [6.45, 7) is 8.37. The van der Waals surface area contributed by atoms with Gasteiger partial charge in [0.2, 0.25) is 0 Å². The van der Waals surface area contributed by atoms with Gasteiger partial charge in [0.1, 0.15) is 0 Å². The van der Waals surface area contributed by atoms with Crippen LogP contribution in [0.2, 0.25) is 0 Å². The van der Waals surface area contributed by atoms with Crippen molar-refractivity contribution in [1.29, 1.82) is 0 Å². The molecule has 6 nitrogen and oxygen atoms in total. The van der Waals surface area contributed by atoms with Crippen molar-refractivity contribution in [2.45, 2.75) is 39.7 Å². The van der Waals surface area contributed by atoms with Crippen LogP contribution in [0, 0.1) is 0 Å². The van der Waals surface area contributed by atoms with E-state index < -0.39 is 0 Å². The van der Waals surface area contributed by atoms with Gasteiger partial charge >= 0.3 is 5.97 Å². The number of methoxy groups -OCH3 is 1. The number of rotatable bonds is 9. The molecule has 0 fully saturated rings. The molecular weight excluding hydrogens is 246 g/mol. The van der Waals surface area contributed by atoms with Crippen LogP contribution in [-0.2, 0) is 14.3 Å². The van der Waals surface area contributed by atoms with Gasteiger partial charge in [-0.3, -0.25) is 9.79 Å². The molecule has 0 rings (SSSR count). The number of guanidine groups is 1. The third-order valence-corrected chi connectivity index (χ3v) is 2.11. The Morgan fingerprint density at radius 1 is 1.32 bits per heavy atom. The fraction of sp³-hybridized carbons (Fsp3) is 0.846. The van der Waals surface area contributed by atoms with Gasteiger partial charge in [-0.25, -0.2) is 0 Å². The van der Waals surface area contributed by atoms with Crippen molar-refractivity contribution in [2.75, 3.05) is 33.4 Å². The lowest BCUT2D eigenvalue weighted by atomic mass is 10.4. The van der Waals surface area contributed by atoms with E-state index >= 15 is 0 Å². The molecule has 0 radical (unpaired) electrons. The summed E-state index contributed by atoms with van der Waals surface area (Å²) in [5.74, 6) is 0.522. The summed E-state index contributed by atoms with van der Waals surface area (Å²) in [5.41, 5.74) is 0. The zero-order valence-corrected chi connectivity index (χ0v) is 12.5. The molecule has 0 aromatic carbocycles. The molecule has 0 unspecified atom stereocenters. The minimum Gasteiger partial charge on any atom is -0.463 e. The van der Waals surface area contributed by atoms with Gasteiger partial charge in [0.15, 0.2) is 5.96 Å². The lowest BCUT2D eigenvalue weighted by Gasteiger charge is -2.12. The first-order valence-corrected chi connectivity index (χ1v) is 6.80.